The number of thiophene rings is 1. The minimum absolute atomic E-state index is 0.368. The van der Waals surface area contributed by atoms with Gasteiger partial charge in [-0.05, 0) is 36.6 Å². The van der Waals surface area contributed by atoms with Crippen LogP contribution in [0.15, 0.2) is 12.1 Å². The van der Waals surface area contributed by atoms with Gasteiger partial charge in [0.25, 0.3) is 0 Å². The Morgan fingerprint density at radius 2 is 2.26 bits per heavy atom. The molecule has 0 bridgehead atoms. The van der Waals surface area contributed by atoms with E-state index in [1.54, 1.807) is 11.3 Å². The highest BCUT2D eigenvalue weighted by molar-refractivity contribution is 7.19. The van der Waals surface area contributed by atoms with Crippen LogP contribution in [0.1, 0.15) is 20.8 Å². The first-order chi connectivity index (χ1) is 9.10. The van der Waals surface area contributed by atoms with E-state index in [0.29, 0.717) is 11.3 Å². The number of nitrogens with two attached hydrogens (primary N) is 1. The average Bonchev–Trinajstić information content (AvgIpc) is 2.72. The molecule has 4 nitrogen and oxygen atoms in total. The Kier molecular flexibility index (Phi) is 2.95. The lowest BCUT2D eigenvalue weighted by molar-refractivity contribution is 0.0602. The predicted molar refractivity (Wildman–Crippen MR) is 77.6 cm³/mol. The molecule has 0 amide bonds. The maximum atomic E-state index is 11.7. The van der Waals surface area contributed by atoms with Gasteiger partial charge in [-0.25, -0.2) is 4.79 Å². The zero-order chi connectivity index (χ0) is 13.6. The molecule has 0 radical (unpaired) electrons. The Morgan fingerprint density at radius 1 is 1.47 bits per heavy atom. The Labute approximate surface area is 115 Å². The summed E-state index contributed by atoms with van der Waals surface area (Å²) in [7, 11) is 3.51. The van der Waals surface area contributed by atoms with E-state index in [-0.39, 0.29) is 5.97 Å². The second-order valence-corrected chi connectivity index (χ2v) is 6.06. The Bertz CT molecular complexity index is 663. The molecule has 2 heterocycles. The lowest BCUT2D eigenvalue weighted by Gasteiger charge is -2.22. The molecule has 1 aliphatic rings. The van der Waals surface area contributed by atoms with Crippen LogP contribution in [0.25, 0.3) is 10.1 Å². The Morgan fingerprint density at radius 3 is 3.00 bits per heavy atom. The van der Waals surface area contributed by atoms with Gasteiger partial charge in [0, 0.05) is 28.4 Å². The van der Waals surface area contributed by atoms with Gasteiger partial charge in [-0.15, -0.1) is 11.3 Å². The Balaban J connectivity index is 2.19. The fourth-order valence-electron chi connectivity index (χ4n) is 2.58. The van der Waals surface area contributed by atoms with E-state index in [4.69, 9.17) is 10.5 Å². The molecule has 1 aromatic carbocycles. The van der Waals surface area contributed by atoms with Crippen molar-refractivity contribution in [3.05, 3.63) is 28.1 Å². The van der Waals surface area contributed by atoms with Crippen molar-refractivity contribution in [1.29, 1.82) is 0 Å². The van der Waals surface area contributed by atoms with Gasteiger partial charge in [-0.2, -0.15) is 0 Å². The molecule has 0 saturated heterocycles. The third-order valence-corrected chi connectivity index (χ3v) is 4.79. The Hall–Kier alpha value is -1.59. The number of methoxy groups -OCH3 is 1. The first-order valence-corrected chi connectivity index (χ1v) is 7.02. The fourth-order valence-corrected chi connectivity index (χ4v) is 3.94. The molecule has 0 atom stereocenters. The topological polar surface area (TPSA) is 55.6 Å². The number of likely N-dealkylation sites (N-methyl/N-ethyl adjacent to an activating group) is 1. The van der Waals surface area contributed by atoms with Gasteiger partial charge in [0.05, 0.1) is 12.7 Å². The highest BCUT2D eigenvalue weighted by Crippen LogP contribution is 2.37. The molecule has 0 fully saturated rings. The number of carbonyl (C=O) groups is 1. The van der Waals surface area contributed by atoms with Gasteiger partial charge in [0.15, 0.2) is 0 Å². The number of carbonyl (C=O) groups excluding carboxylic acids is 1. The molecular formula is C14H16N2O2S. The summed E-state index contributed by atoms with van der Waals surface area (Å²) in [6, 6.07) is 3.78. The molecule has 5 heteroatoms. The van der Waals surface area contributed by atoms with Crippen molar-refractivity contribution < 1.29 is 9.53 Å². The monoisotopic (exact) mass is 276 g/mol. The molecule has 3 rings (SSSR count). The predicted octanol–water partition coefficient (Wildman–Crippen LogP) is 2.26. The lowest BCUT2D eigenvalue weighted by Crippen LogP contribution is -2.25. The summed E-state index contributed by atoms with van der Waals surface area (Å²) in [6.07, 6.45) is 1.02. The zero-order valence-corrected chi connectivity index (χ0v) is 11.8. The van der Waals surface area contributed by atoms with Gasteiger partial charge in [0.1, 0.15) is 0 Å². The first kappa shape index (κ1) is 12.4. The van der Waals surface area contributed by atoms with Gasteiger partial charge >= 0.3 is 5.97 Å². The van der Waals surface area contributed by atoms with E-state index < -0.39 is 0 Å². The van der Waals surface area contributed by atoms with Crippen molar-refractivity contribution in [3.63, 3.8) is 0 Å². The maximum absolute atomic E-state index is 11.7. The number of fused-ring (bicyclic) bond motifs is 3. The van der Waals surface area contributed by atoms with Crippen molar-refractivity contribution in [2.45, 2.75) is 13.0 Å². The quantitative estimate of drug-likeness (QED) is 0.641. The third kappa shape index (κ3) is 1.99. The van der Waals surface area contributed by atoms with E-state index in [2.05, 4.69) is 11.9 Å². The van der Waals surface area contributed by atoms with Gasteiger partial charge < -0.3 is 15.4 Å². The molecule has 2 N–H and O–H groups in total. The third-order valence-electron chi connectivity index (χ3n) is 3.61. The maximum Gasteiger partial charge on any atom is 0.339 e. The van der Waals surface area contributed by atoms with E-state index in [9.17, 15) is 4.79 Å². The average molecular weight is 276 g/mol. The number of hydrogen-bond donors (Lipinski definition) is 1. The molecule has 2 aromatic rings. The second kappa shape index (κ2) is 4.51. The first-order valence-electron chi connectivity index (χ1n) is 6.20. The van der Waals surface area contributed by atoms with Crippen LogP contribution < -0.4 is 5.73 Å². The van der Waals surface area contributed by atoms with Crippen LogP contribution in [0.5, 0.6) is 0 Å². The highest BCUT2D eigenvalue weighted by Gasteiger charge is 2.21. The number of hydrogen-bond acceptors (Lipinski definition) is 5. The second-order valence-electron chi connectivity index (χ2n) is 4.92. The minimum Gasteiger partial charge on any atom is -0.465 e. The van der Waals surface area contributed by atoms with Crippen molar-refractivity contribution in [3.8, 4) is 0 Å². The van der Waals surface area contributed by atoms with Crippen LogP contribution >= 0.6 is 11.3 Å². The smallest absolute Gasteiger partial charge is 0.339 e. The summed E-state index contributed by atoms with van der Waals surface area (Å²) in [6.45, 7) is 2.03. The van der Waals surface area contributed by atoms with Gasteiger partial charge in [0.2, 0.25) is 0 Å². The van der Waals surface area contributed by atoms with Crippen LogP contribution in [0.2, 0.25) is 0 Å². The number of rotatable bonds is 1. The van der Waals surface area contributed by atoms with E-state index >= 15 is 0 Å². The summed E-state index contributed by atoms with van der Waals surface area (Å²) >= 11 is 1.77. The van der Waals surface area contributed by atoms with Gasteiger partial charge in [-0.3, -0.25) is 0 Å². The SMILES string of the molecule is COC(=O)c1cc2c3c(sc2cc1N)CN(C)CC3. The number of nitrogen functional groups attached to an aromatic ring is 1. The molecule has 1 aliphatic heterocycles. The number of nitrogens with zero attached hydrogens (tertiary/aromatic N) is 1. The minimum atomic E-state index is -0.368. The lowest BCUT2D eigenvalue weighted by atomic mass is 10.0. The molecule has 1 aromatic heterocycles. The summed E-state index contributed by atoms with van der Waals surface area (Å²) in [5.74, 6) is -0.368. The molecule has 0 saturated carbocycles. The van der Waals surface area contributed by atoms with Gasteiger partial charge in [-0.1, -0.05) is 0 Å². The summed E-state index contributed by atoms with van der Waals surface area (Å²) in [4.78, 5) is 15.4. The number of ether oxygens (including phenoxy) is 1. The standard InChI is InChI=1S/C14H16N2O2S/c1-16-4-3-8-9-5-10(14(17)18-2)11(15)6-12(9)19-13(8)7-16/h5-6H,3-4,7,15H2,1-2H3. The number of benzene rings is 1. The van der Waals surface area contributed by atoms with Crippen LogP contribution in [0.4, 0.5) is 5.69 Å². The van der Waals surface area contributed by atoms with Crippen molar-refractivity contribution >= 4 is 33.1 Å². The number of esters is 1. The van der Waals surface area contributed by atoms with E-state index in [0.717, 1.165) is 29.6 Å². The van der Waals surface area contributed by atoms with Crippen LogP contribution in [-0.4, -0.2) is 31.6 Å². The van der Waals surface area contributed by atoms with Crippen LogP contribution in [0.3, 0.4) is 0 Å². The molecule has 0 spiro atoms. The summed E-state index contributed by atoms with van der Waals surface area (Å²) in [5, 5.41) is 1.16. The molecular weight excluding hydrogens is 260 g/mol. The molecule has 19 heavy (non-hydrogen) atoms. The molecule has 0 unspecified atom stereocenters. The molecule has 0 aliphatic carbocycles. The van der Waals surface area contributed by atoms with Crippen LogP contribution in [0, 0.1) is 0 Å². The van der Waals surface area contributed by atoms with Crippen LogP contribution in [-0.2, 0) is 17.7 Å². The van der Waals surface area contributed by atoms with Crippen molar-refractivity contribution in [1.82, 2.24) is 4.90 Å². The van der Waals surface area contributed by atoms with Crippen molar-refractivity contribution in [2.24, 2.45) is 0 Å². The van der Waals surface area contributed by atoms with E-state index in [1.807, 2.05) is 12.1 Å². The van der Waals surface area contributed by atoms with Crippen molar-refractivity contribution in [2.75, 3.05) is 26.4 Å². The number of anilines is 1. The fraction of sp³-hybridized carbons (Fsp3) is 0.357. The highest BCUT2D eigenvalue weighted by atomic mass is 32.1. The molecule has 100 valence electrons. The van der Waals surface area contributed by atoms with E-state index in [1.165, 1.54) is 17.6 Å². The summed E-state index contributed by atoms with van der Waals surface area (Å²) in [5.41, 5.74) is 8.27. The normalized spacial score (nSPS) is 15.5. The summed E-state index contributed by atoms with van der Waals surface area (Å²) < 4.78 is 5.94. The largest absolute Gasteiger partial charge is 0.465 e. The zero-order valence-electron chi connectivity index (χ0n) is 11.0.